The lowest BCUT2D eigenvalue weighted by atomic mass is 9.64. The van der Waals surface area contributed by atoms with Gasteiger partial charge in [-0.25, -0.2) is 4.63 Å². The number of nitrogens with zero attached hydrogens (tertiary/aromatic N) is 2. The highest BCUT2D eigenvalue weighted by atomic mass is 16.6. The first-order valence-corrected chi connectivity index (χ1v) is 8.45. The normalized spacial score (nSPS) is 28.2. The summed E-state index contributed by atoms with van der Waals surface area (Å²) in [7, 11) is 0. The Labute approximate surface area is 140 Å². The van der Waals surface area contributed by atoms with E-state index in [4.69, 9.17) is 4.74 Å². The summed E-state index contributed by atoms with van der Waals surface area (Å²) in [6.45, 7) is 2.58. The van der Waals surface area contributed by atoms with Gasteiger partial charge in [0, 0.05) is 24.5 Å². The van der Waals surface area contributed by atoms with E-state index in [0.29, 0.717) is 23.2 Å². The minimum atomic E-state index is -0.0257. The van der Waals surface area contributed by atoms with Crippen LogP contribution in [-0.4, -0.2) is 35.0 Å². The second-order valence-corrected chi connectivity index (χ2v) is 6.71. The van der Waals surface area contributed by atoms with Crippen LogP contribution in [-0.2, 0) is 22.4 Å². The minimum absolute atomic E-state index is 0.0257. The van der Waals surface area contributed by atoms with Gasteiger partial charge in [-0.15, -0.1) is 0 Å². The summed E-state index contributed by atoms with van der Waals surface area (Å²) < 4.78 is 10.5. The number of hydrogen-bond acceptors (Lipinski definition) is 5. The summed E-state index contributed by atoms with van der Waals surface area (Å²) in [5.74, 6) is 0.738. The van der Waals surface area contributed by atoms with Crippen molar-refractivity contribution in [3.8, 4) is 0 Å². The Hall–Kier alpha value is -2.21. The number of carbonyl (C=O) groups excluding carboxylic acids is 1. The SMILES string of the molecule is Cc1nonc1CC(=O)N[C@@H]1[C@@H](Cc2ccccc2)[C@H]2OCC[C@@H]12. The lowest BCUT2D eigenvalue weighted by Gasteiger charge is -2.48. The molecule has 1 aromatic carbocycles. The van der Waals surface area contributed by atoms with Crippen molar-refractivity contribution >= 4 is 5.91 Å². The molecule has 4 rings (SSSR count). The van der Waals surface area contributed by atoms with Gasteiger partial charge in [0.2, 0.25) is 5.91 Å². The lowest BCUT2D eigenvalue weighted by molar-refractivity contribution is -0.126. The van der Waals surface area contributed by atoms with Crippen LogP contribution >= 0.6 is 0 Å². The average Bonchev–Trinajstić information content (AvgIpc) is 3.19. The van der Waals surface area contributed by atoms with Gasteiger partial charge >= 0.3 is 0 Å². The fraction of sp³-hybridized carbons (Fsp3) is 0.500. The summed E-state index contributed by atoms with van der Waals surface area (Å²) in [6.07, 6.45) is 2.43. The summed E-state index contributed by atoms with van der Waals surface area (Å²) in [6, 6.07) is 10.6. The molecule has 1 aliphatic carbocycles. The summed E-state index contributed by atoms with van der Waals surface area (Å²) in [4.78, 5) is 12.4. The van der Waals surface area contributed by atoms with Crippen LogP contribution in [0.25, 0.3) is 0 Å². The lowest BCUT2D eigenvalue weighted by Crippen LogP contribution is -2.62. The highest BCUT2D eigenvalue weighted by Crippen LogP contribution is 2.45. The molecule has 0 unspecified atom stereocenters. The third-order valence-electron chi connectivity index (χ3n) is 5.24. The first-order chi connectivity index (χ1) is 11.7. The quantitative estimate of drug-likeness (QED) is 0.904. The van der Waals surface area contributed by atoms with Crippen LogP contribution in [0.3, 0.4) is 0 Å². The van der Waals surface area contributed by atoms with Crippen molar-refractivity contribution < 1.29 is 14.2 Å². The maximum absolute atomic E-state index is 12.4. The van der Waals surface area contributed by atoms with Gasteiger partial charge in [0.1, 0.15) is 11.4 Å². The molecule has 24 heavy (non-hydrogen) atoms. The molecule has 2 fully saturated rings. The third-order valence-corrected chi connectivity index (χ3v) is 5.24. The zero-order chi connectivity index (χ0) is 16.5. The Morgan fingerprint density at radius 2 is 2.12 bits per heavy atom. The van der Waals surface area contributed by atoms with Crippen molar-refractivity contribution in [2.24, 2.45) is 11.8 Å². The Morgan fingerprint density at radius 1 is 1.29 bits per heavy atom. The molecular weight excluding hydrogens is 306 g/mol. The van der Waals surface area contributed by atoms with Gasteiger partial charge in [-0.3, -0.25) is 4.79 Å². The van der Waals surface area contributed by atoms with E-state index in [2.05, 4.69) is 44.5 Å². The summed E-state index contributed by atoms with van der Waals surface area (Å²) in [5.41, 5.74) is 2.56. The molecule has 6 heteroatoms. The Balaban J connectivity index is 1.42. The highest BCUT2D eigenvalue weighted by Gasteiger charge is 2.53. The molecule has 0 spiro atoms. The molecule has 126 valence electrons. The number of fused-ring (bicyclic) bond motifs is 1. The zero-order valence-electron chi connectivity index (χ0n) is 13.6. The van der Waals surface area contributed by atoms with Crippen LogP contribution in [0.1, 0.15) is 23.4 Å². The van der Waals surface area contributed by atoms with Crippen molar-refractivity contribution in [3.05, 3.63) is 47.3 Å². The van der Waals surface area contributed by atoms with E-state index in [-0.39, 0.29) is 24.5 Å². The molecule has 1 saturated heterocycles. The maximum Gasteiger partial charge on any atom is 0.226 e. The first kappa shape index (κ1) is 15.3. The molecule has 2 aliphatic rings. The molecule has 6 nitrogen and oxygen atoms in total. The van der Waals surface area contributed by atoms with E-state index < -0.39 is 0 Å². The number of carbonyl (C=O) groups is 1. The van der Waals surface area contributed by atoms with Crippen LogP contribution in [0.2, 0.25) is 0 Å². The molecule has 4 atom stereocenters. The topological polar surface area (TPSA) is 77.2 Å². The van der Waals surface area contributed by atoms with Crippen LogP contribution in [0.5, 0.6) is 0 Å². The van der Waals surface area contributed by atoms with Crippen molar-refractivity contribution in [1.82, 2.24) is 15.6 Å². The Kier molecular flexibility index (Phi) is 4.06. The summed E-state index contributed by atoms with van der Waals surface area (Å²) in [5, 5.41) is 10.7. The van der Waals surface area contributed by atoms with Gasteiger partial charge in [0.15, 0.2) is 0 Å². The molecule has 2 aromatic rings. The van der Waals surface area contributed by atoms with Crippen molar-refractivity contribution in [1.29, 1.82) is 0 Å². The van der Waals surface area contributed by atoms with Crippen LogP contribution in [0, 0.1) is 18.8 Å². The van der Waals surface area contributed by atoms with E-state index in [1.165, 1.54) is 5.56 Å². The molecule has 0 radical (unpaired) electrons. The number of aromatic nitrogens is 2. The number of hydrogen-bond donors (Lipinski definition) is 1. The monoisotopic (exact) mass is 327 g/mol. The van der Waals surface area contributed by atoms with Crippen molar-refractivity contribution in [3.63, 3.8) is 0 Å². The van der Waals surface area contributed by atoms with E-state index in [1.807, 2.05) is 6.07 Å². The number of rotatable bonds is 5. The number of ether oxygens (including phenoxy) is 1. The third kappa shape index (κ3) is 2.82. The van der Waals surface area contributed by atoms with Crippen LogP contribution in [0.15, 0.2) is 35.0 Å². The predicted molar refractivity (Wildman–Crippen MR) is 86.2 cm³/mol. The smallest absolute Gasteiger partial charge is 0.226 e. The number of amides is 1. The molecule has 0 bridgehead atoms. The fourth-order valence-corrected chi connectivity index (χ4v) is 3.97. The summed E-state index contributed by atoms with van der Waals surface area (Å²) >= 11 is 0. The standard InChI is InChI=1S/C18H21N3O3/c1-11-15(21-24-20-11)10-16(22)19-17-13-7-8-23-18(13)14(17)9-12-5-3-2-4-6-12/h2-6,13-14,17-18H,7-10H2,1H3,(H,19,22)/t13-,14+,17-,18-/m0/s1. The van der Waals surface area contributed by atoms with Crippen molar-refractivity contribution in [2.75, 3.05) is 6.61 Å². The number of aryl methyl sites for hydroxylation is 1. The predicted octanol–water partition coefficient (Wildman–Crippen LogP) is 1.68. The molecule has 1 N–H and O–H groups in total. The second kappa shape index (κ2) is 6.36. The number of benzene rings is 1. The van der Waals surface area contributed by atoms with E-state index in [9.17, 15) is 4.79 Å². The van der Waals surface area contributed by atoms with Gasteiger partial charge < -0.3 is 10.1 Å². The van der Waals surface area contributed by atoms with Crippen LogP contribution in [0.4, 0.5) is 0 Å². The molecule has 1 saturated carbocycles. The zero-order valence-corrected chi connectivity index (χ0v) is 13.6. The maximum atomic E-state index is 12.4. The Bertz CT molecular complexity index is 715. The molecule has 1 aliphatic heterocycles. The fourth-order valence-electron chi connectivity index (χ4n) is 3.97. The average molecular weight is 327 g/mol. The second-order valence-electron chi connectivity index (χ2n) is 6.71. The largest absolute Gasteiger partial charge is 0.377 e. The van der Waals surface area contributed by atoms with Crippen molar-refractivity contribution in [2.45, 2.75) is 38.3 Å². The number of nitrogens with one attached hydrogen (secondary N) is 1. The van der Waals surface area contributed by atoms with Gasteiger partial charge in [-0.1, -0.05) is 40.6 Å². The molecule has 1 amide bonds. The Morgan fingerprint density at radius 3 is 2.88 bits per heavy atom. The highest BCUT2D eigenvalue weighted by molar-refractivity contribution is 5.78. The van der Waals surface area contributed by atoms with E-state index in [0.717, 1.165) is 19.4 Å². The molecule has 2 heterocycles. The van der Waals surface area contributed by atoms with Gasteiger partial charge in [0.05, 0.1) is 12.5 Å². The first-order valence-electron chi connectivity index (χ1n) is 8.45. The van der Waals surface area contributed by atoms with E-state index in [1.54, 1.807) is 6.92 Å². The minimum Gasteiger partial charge on any atom is -0.377 e. The van der Waals surface area contributed by atoms with Gasteiger partial charge in [-0.2, -0.15) is 0 Å². The molecule has 1 aromatic heterocycles. The molecular formula is C18H21N3O3. The van der Waals surface area contributed by atoms with Gasteiger partial charge in [-0.05, 0) is 25.3 Å². The van der Waals surface area contributed by atoms with Crippen LogP contribution < -0.4 is 5.32 Å². The van der Waals surface area contributed by atoms with Gasteiger partial charge in [0.25, 0.3) is 0 Å². The van der Waals surface area contributed by atoms with E-state index >= 15 is 0 Å².